The van der Waals surface area contributed by atoms with Crippen LogP contribution >= 0.6 is 25.1 Å². The maximum Gasteiger partial charge on any atom is 0.00477 e. The Hall–Kier alpha value is -1.05. The summed E-state index contributed by atoms with van der Waals surface area (Å²) in [6.07, 6.45) is 8.37. The zero-order valence-electron chi connectivity index (χ0n) is 18.2. The van der Waals surface area contributed by atoms with Gasteiger partial charge in [0, 0.05) is 17.0 Å². The Morgan fingerprint density at radius 3 is 1.32 bits per heavy atom. The van der Waals surface area contributed by atoms with Crippen molar-refractivity contribution >= 4 is 25.1 Å². The first-order valence-corrected chi connectivity index (χ1v) is 15.7. The SMILES string of the molecule is P[C@H]1CC[C@H](c2ccccc2)P1CCP1[C@@H](c2ccccc2)CC[C@@H]1c1ccccc1. The molecule has 0 aromatic heterocycles. The van der Waals surface area contributed by atoms with Crippen molar-refractivity contribution in [3.8, 4) is 0 Å². The van der Waals surface area contributed by atoms with Crippen LogP contribution < -0.4 is 0 Å². The highest BCUT2D eigenvalue weighted by Crippen LogP contribution is 2.73. The van der Waals surface area contributed by atoms with Crippen LogP contribution in [0.2, 0.25) is 0 Å². The minimum absolute atomic E-state index is 0.0408. The van der Waals surface area contributed by atoms with E-state index in [1.807, 2.05) is 0 Å². The maximum atomic E-state index is 3.24. The average Bonchev–Trinajstić information content (AvgIpc) is 3.42. The molecule has 0 amide bonds. The number of hydrogen-bond acceptors (Lipinski definition) is 0. The average molecular weight is 462 g/mol. The predicted octanol–water partition coefficient (Wildman–Crippen LogP) is 8.96. The largest absolute Gasteiger partial charge is 0.130 e. The molecule has 6 atom stereocenters. The Morgan fingerprint density at radius 1 is 0.516 bits per heavy atom. The molecule has 0 spiro atoms. The van der Waals surface area contributed by atoms with E-state index in [9.17, 15) is 0 Å². The van der Waals surface area contributed by atoms with Crippen molar-refractivity contribution in [3.05, 3.63) is 108 Å². The molecule has 2 aliphatic heterocycles. The lowest BCUT2D eigenvalue weighted by molar-refractivity contribution is 0.765. The molecule has 31 heavy (non-hydrogen) atoms. The van der Waals surface area contributed by atoms with Gasteiger partial charge in [0.15, 0.2) is 0 Å². The lowest BCUT2D eigenvalue weighted by Crippen LogP contribution is -2.04. The first-order valence-electron chi connectivity index (χ1n) is 11.7. The Morgan fingerprint density at radius 2 is 0.871 bits per heavy atom. The molecule has 0 nitrogen and oxygen atoms in total. The fourth-order valence-electron chi connectivity index (χ4n) is 5.72. The first-order chi connectivity index (χ1) is 15.3. The molecule has 0 N–H and O–H groups in total. The van der Waals surface area contributed by atoms with Crippen LogP contribution in [0.3, 0.4) is 0 Å². The monoisotopic (exact) mass is 462 g/mol. The summed E-state index contributed by atoms with van der Waals surface area (Å²) in [4.78, 5) is 0. The van der Waals surface area contributed by atoms with Gasteiger partial charge in [0.1, 0.15) is 0 Å². The normalized spacial score (nSPS) is 28.7. The van der Waals surface area contributed by atoms with E-state index in [0.717, 1.165) is 22.4 Å². The van der Waals surface area contributed by atoms with Gasteiger partial charge < -0.3 is 0 Å². The van der Waals surface area contributed by atoms with E-state index >= 15 is 0 Å². The van der Waals surface area contributed by atoms with Crippen molar-refractivity contribution in [1.29, 1.82) is 0 Å². The second-order valence-corrected chi connectivity index (χ2v) is 15.8. The van der Waals surface area contributed by atoms with E-state index in [1.165, 1.54) is 38.0 Å². The highest BCUT2D eigenvalue weighted by Gasteiger charge is 2.39. The standard InChI is InChI=1S/C28H33P3/c29-28-19-18-27(24-14-8-3-9-15-24)31(28)21-20-30-25(22-10-4-1-5-11-22)16-17-26(30)23-12-6-2-7-13-23/h1-15,25-28H,16-21,29H2/t25-,26-,27-,28-,31?/m1/s1. The van der Waals surface area contributed by atoms with Crippen LogP contribution in [0.25, 0.3) is 0 Å². The summed E-state index contributed by atoms with van der Waals surface area (Å²) in [5.74, 6) is 0. The second kappa shape index (κ2) is 10.3. The summed E-state index contributed by atoms with van der Waals surface area (Å²) < 4.78 is 0. The molecule has 0 bridgehead atoms. The molecule has 5 rings (SSSR count). The van der Waals surface area contributed by atoms with Crippen molar-refractivity contribution in [3.63, 3.8) is 0 Å². The Labute approximate surface area is 193 Å². The quantitative estimate of drug-likeness (QED) is 0.321. The summed E-state index contributed by atoms with van der Waals surface area (Å²) in [6, 6.07) is 34.2. The van der Waals surface area contributed by atoms with Crippen LogP contribution in [-0.4, -0.2) is 17.7 Å². The number of rotatable bonds is 6. The molecule has 3 aromatic carbocycles. The van der Waals surface area contributed by atoms with E-state index in [0.29, 0.717) is 0 Å². The zero-order valence-corrected chi connectivity index (χ0v) is 21.1. The molecule has 3 heteroatoms. The molecule has 2 aliphatic rings. The zero-order chi connectivity index (χ0) is 21.0. The molecule has 160 valence electrons. The van der Waals surface area contributed by atoms with Crippen LogP contribution in [0, 0.1) is 0 Å². The van der Waals surface area contributed by atoms with Gasteiger partial charge in [-0.05, 0) is 60.1 Å². The number of benzene rings is 3. The molecule has 2 fully saturated rings. The van der Waals surface area contributed by atoms with Crippen molar-refractivity contribution in [2.75, 3.05) is 12.3 Å². The summed E-state index contributed by atoms with van der Waals surface area (Å²) in [5, 5.41) is 0.836. The topological polar surface area (TPSA) is 0 Å². The fourth-order valence-corrected chi connectivity index (χ4v) is 14.6. The fraction of sp³-hybridized carbons (Fsp3) is 0.357. The highest BCUT2D eigenvalue weighted by molar-refractivity contribution is 7.67. The summed E-state index contributed by atoms with van der Waals surface area (Å²) in [6.45, 7) is 0. The first kappa shape index (κ1) is 21.8. The molecule has 0 radical (unpaired) electrons. The summed E-state index contributed by atoms with van der Waals surface area (Å²) in [7, 11) is 3.24. The predicted molar refractivity (Wildman–Crippen MR) is 143 cm³/mol. The Balaban J connectivity index is 1.38. The van der Waals surface area contributed by atoms with Crippen LogP contribution in [0.15, 0.2) is 91.0 Å². The minimum Gasteiger partial charge on any atom is -0.130 e. The molecule has 2 unspecified atom stereocenters. The molecule has 0 saturated carbocycles. The number of hydrogen-bond donors (Lipinski definition) is 0. The van der Waals surface area contributed by atoms with Crippen LogP contribution in [0.4, 0.5) is 0 Å². The van der Waals surface area contributed by atoms with Gasteiger partial charge in [-0.1, -0.05) is 107 Å². The second-order valence-electron chi connectivity index (χ2n) is 8.98. The Bertz CT molecular complexity index is 896. The smallest absolute Gasteiger partial charge is 0.00477 e. The molecule has 2 heterocycles. The summed E-state index contributed by atoms with van der Waals surface area (Å²) >= 11 is 0. The van der Waals surface area contributed by atoms with E-state index in [4.69, 9.17) is 0 Å². The van der Waals surface area contributed by atoms with Crippen LogP contribution in [0.1, 0.15) is 59.4 Å². The van der Waals surface area contributed by atoms with Crippen molar-refractivity contribution < 1.29 is 0 Å². The molecule has 2 saturated heterocycles. The van der Waals surface area contributed by atoms with Gasteiger partial charge in [-0.2, -0.15) is 0 Å². The third-order valence-electron chi connectivity index (χ3n) is 7.25. The van der Waals surface area contributed by atoms with Gasteiger partial charge >= 0.3 is 0 Å². The van der Waals surface area contributed by atoms with Crippen LogP contribution in [-0.2, 0) is 0 Å². The van der Waals surface area contributed by atoms with Gasteiger partial charge in [0.25, 0.3) is 0 Å². The molecular formula is C28H33P3. The maximum absolute atomic E-state index is 3.24. The highest BCUT2D eigenvalue weighted by atomic mass is 31.2. The van der Waals surface area contributed by atoms with E-state index in [-0.39, 0.29) is 15.8 Å². The van der Waals surface area contributed by atoms with Crippen molar-refractivity contribution in [2.45, 2.75) is 48.1 Å². The van der Waals surface area contributed by atoms with E-state index < -0.39 is 0 Å². The molecular weight excluding hydrogens is 429 g/mol. The van der Waals surface area contributed by atoms with Gasteiger partial charge in [0.2, 0.25) is 0 Å². The van der Waals surface area contributed by atoms with E-state index in [2.05, 4.69) is 100 Å². The summed E-state index contributed by atoms with van der Waals surface area (Å²) in [5.41, 5.74) is 7.13. The molecule has 0 aliphatic carbocycles. The van der Waals surface area contributed by atoms with Gasteiger partial charge in [0.05, 0.1) is 0 Å². The van der Waals surface area contributed by atoms with Crippen molar-refractivity contribution in [2.24, 2.45) is 0 Å². The Kier molecular flexibility index (Phi) is 7.21. The third-order valence-corrected chi connectivity index (χ3v) is 15.7. The van der Waals surface area contributed by atoms with Gasteiger partial charge in [-0.3, -0.25) is 0 Å². The van der Waals surface area contributed by atoms with E-state index in [1.54, 1.807) is 16.7 Å². The van der Waals surface area contributed by atoms with Gasteiger partial charge in [-0.25, -0.2) is 0 Å². The van der Waals surface area contributed by atoms with Crippen molar-refractivity contribution in [1.82, 2.24) is 0 Å². The minimum atomic E-state index is -0.0408. The lowest BCUT2D eigenvalue weighted by atomic mass is 10.0. The van der Waals surface area contributed by atoms with Crippen LogP contribution in [0.5, 0.6) is 0 Å². The molecule has 3 aromatic rings. The lowest BCUT2D eigenvalue weighted by Gasteiger charge is -2.31. The third kappa shape index (κ3) is 4.83. The van der Waals surface area contributed by atoms with Gasteiger partial charge in [-0.15, -0.1) is 9.24 Å².